The number of furan rings is 1. The van der Waals surface area contributed by atoms with Crippen molar-refractivity contribution in [3.8, 4) is 33.4 Å². The minimum Gasteiger partial charge on any atom is -0.455 e. The van der Waals surface area contributed by atoms with Gasteiger partial charge in [-0.1, -0.05) is 139 Å². The smallest absolute Gasteiger partial charge is 0.143 e. The van der Waals surface area contributed by atoms with E-state index in [4.69, 9.17) is 25.0 Å². The highest BCUT2D eigenvalue weighted by atomic mass is 16.3. The summed E-state index contributed by atoms with van der Waals surface area (Å²) in [5.41, 5.74) is -1.10. The lowest BCUT2D eigenvalue weighted by Crippen LogP contribution is -1.92. The summed E-state index contributed by atoms with van der Waals surface area (Å²) in [6.07, 6.45) is 0. The van der Waals surface area contributed by atoms with Crippen LogP contribution in [-0.2, 0) is 0 Å². The third kappa shape index (κ3) is 3.65. The van der Waals surface area contributed by atoms with E-state index in [1.54, 1.807) is 48.5 Å². The van der Waals surface area contributed by atoms with E-state index in [9.17, 15) is 4.11 Å². The molecule has 1 nitrogen and oxygen atoms in total. The molecule has 0 aliphatic carbocycles. The lowest BCUT2D eigenvalue weighted by molar-refractivity contribution is 0.670. The van der Waals surface area contributed by atoms with Crippen molar-refractivity contribution in [3.63, 3.8) is 0 Å². The molecule has 43 heavy (non-hydrogen) atoms. The number of hydrogen-bond donors (Lipinski definition) is 0. The second-order valence-electron chi connectivity index (χ2n) is 9.85. The standard InChI is InChI=1S/C42H26O/c1-2-13-27(14-3-1)38-26-29(25-28-15-4-5-16-30(28)38)40-32-18-6-8-20-34(32)41(35-21-9-7-19-33(35)40)37-23-12-22-36-31-17-10-11-24-39(31)43-42(36)37/h1-26H/i1D,2D,3D,4D,5D,10D,11D,12D,13D,14D,15D,16D,17D,22D,23D,24D,25D,26D. The monoisotopic (exact) mass is 564 g/mol. The van der Waals surface area contributed by atoms with Gasteiger partial charge in [0.05, 0.1) is 24.7 Å². The molecule has 1 heterocycles. The average Bonchev–Trinajstić information content (AvgIpc) is 3.65. The highest BCUT2D eigenvalue weighted by molar-refractivity contribution is 6.24. The van der Waals surface area contributed by atoms with Crippen molar-refractivity contribution in [2.75, 3.05) is 0 Å². The van der Waals surface area contributed by atoms with Crippen molar-refractivity contribution in [1.82, 2.24) is 0 Å². The van der Waals surface area contributed by atoms with E-state index in [1.807, 2.05) is 0 Å². The Bertz CT molecular complexity index is 3430. The fraction of sp³-hybridized carbons (Fsp3) is 0. The molecular weight excluding hydrogens is 520 g/mol. The van der Waals surface area contributed by atoms with Gasteiger partial charge in [0.2, 0.25) is 0 Å². The molecule has 0 radical (unpaired) electrons. The van der Waals surface area contributed by atoms with Crippen LogP contribution in [0.3, 0.4) is 0 Å². The van der Waals surface area contributed by atoms with Crippen molar-refractivity contribution in [2.24, 2.45) is 0 Å². The zero-order valence-corrected chi connectivity index (χ0v) is 22.0. The second kappa shape index (κ2) is 9.44. The average molecular weight is 565 g/mol. The van der Waals surface area contributed by atoms with Gasteiger partial charge in [0.25, 0.3) is 0 Å². The van der Waals surface area contributed by atoms with Gasteiger partial charge < -0.3 is 4.42 Å². The summed E-state index contributed by atoms with van der Waals surface area (Å²) in [4.78, 5) is 0. The molecule has 9 rings (SSSR count). The zero-order chi connectivity index (χ0) is 44.0. The van der Waals surface area contributed by atoms with Crippen molar-refractivity contribution in [2.45, 2.75) is 0 Å². The van der Waals surface area contributed by atoms with Crippen molar-refractivity contribution < 1.29 is 29.1 Å². The summed E-state index contributed by atoms with van der Waals surface area (Å²) >= 11 is 0. The first kappa shape index (κ1) is 12.3. The Morgan fingerprint density at radius 1 is 0.419 bits per heavy atom. The molecule has 0 unspecified atom stereocenters. The van der Waals surface area contributed by atoms with Crippen LogP contribution < -0.4 is 0 Å². The van der Waals surface area contributed by atoms with Crippen LogP contribution in [0, 0.1) is 0 Å². The molecule has 8 aromatic carbocycles. The summed E-state index contributed by atoms with van der Waals surface area (Å²) < 4.78 is 165. The Labute approximate surface area is 274 Å². The molecule has 0 aliphatic heterocycles. The maximum Gasteiger partial charge on any atom is 0.143 e. The van der Waals surface area contributed by atoms with E-state index in [-0.39, 0.29) is 55.0 Å². The maximum atomic E-state index is 9.86. The Hall–Kier alpha value is -5.66. The minimum atomic E-state index is -0.746. The van der Waals surface area contributed by atoms with Crippen molar-refractivity contribution in [1.29, 1.82) is 0 Å². The number of hydrogen-bond acceptors (Lipinski definition) is 1. The molecule has 0 aliphatic rings. The topological polar surface area (TPSA) is 13.1 Å². The molecular formula is C42H26O. The number of fused-ring (bicyclic) bond motifs is 6. The van der Waals surface area contributed by atoms with Crippen LogP contribution in [-0.4, -0.2) is 0 Å². The maximum absolute atomic E-state index is 9.86. The van der Waals surface area contributed by atoms with E-state index in [1.165, 1.54) is 0 Å². The van der Waals surface area contributed by atoms with Crippen molar-refractivity contribution >= 4 is 54.3 Å². The molecule has 0 atom stereocenters. The molecule has 0 N–H and O–H groups in total. The second-order valence-corrected chi connectivity index (χ2v) is 9.85. The molecule has 0 amide bonds. The zero-order valence-electron chi connectivity index (χ0n) is 40.0. The Balaban J connectivity index is 1.53. The van der Waals surface area contributed by atoms with Crippen LogP contribution >= 0.6 is 0 Å². The predicted molar refractivity (Wildman–Crippen MR) is 183 cm³/mol. The van der Waals surface area contributed by atoms with Gasteiger partial charge in [-0.3, -0.25) is 0 Å². The molecule has 0 saturated heterocycles. The quantitative estimate of drug-likeness (QED) is 0.195. The van der Waals surface area contributed by atoms with E-state index in [0.29, 0.717) is 21.5 Å². The first-order valence-electron chi connectivity index (χ1n) is 22.3. The third-order valence-corrected chi connectivity index (χ3v) is 7.56. The Kier molecular flexibility index (Phi) is 2.70. The SMILES string of the molecule is [2H]c1c([2H])c([2H])c(-c2c([2H])c(-c3c4ccccc4c(-c4c([2H])c([2H])c([2H])c5c4oc4c([2H])c([2H])c([2H])c([2H])c45)c4ccccc34)c([2H])c3c([2H])c([2H])c([2H])c([2H])c23)c([2H])c1[2H]. The van der Waals surface area contributed by atoms with E-state index < -0.39 is 120 Å². The Morgan fingerprint density at radius 3 is 1.77 bits per heavy atom. The molecule has 0 saturated carbocycles. The highest BCUT2D eigenvalue weighted by Crippen LogP contribution is 2.47. The fourth-order valence-corrected chi connectivity index (χ4v) is 5.80. The van der Waals surface area contributed by atoms with Crippen LogP contribution in [0.4, 0.5) is 0 Å². The summed E-state index contributed by atoms with van der Waals surface area (Å²) in [6.45, 7) is 0. The van der Waals surface area contributed by atoms with Gasteiger partial charge in [-0.25, -0.2) is 0 Å². The largest absolute Gasteiger partial charge is 0.455 e. The number of benzene rings is 8. The van der Waals surface area contributed by atoms with Crippen LogP contribution in [0.2, 0.25) is 0 Å². The highest BCUT2D eigenvalue weighted by Gasteiger charge is 2.20. The van der Waals surface area contributed by atoms with Gasteiger partial charge in [0.15, 0.2) is 0 Å². The molecule has 0 bridgehead atoms. The van der Waals surface area contributed by atoms with Gasteiger partial charge in [-0.15, -0.1) is 0 Å². The van der Waals surface area contributed by atoms with Gasteiger partial charge in [0.1, 0.15) is 11.2 Å². The first-order valence-corrected chi connectivity index (χ1v) is 13.3. The molecule has 1 aromatic heterocycles. The summed E-state index contributed by atoms with van der Waals surface area (Å²) in [5, 5.41) is 0.349. The summed E-state index contributed by atoms with van der Waals surface area (Å²) in [5.74, 6) is 0. The van der Waals surface area contributed by atoms with E-state index >= 15 is 0 Å². The van der Waals surface area contributed by atoms with E-state index in [2.05, 4.69) is 0 Å². The van der Waals surface area contributed by atoms with Gasteiger partial charge in [-0.05, 0) is 72.7 Å². The van der Waals surface area contributed by atoms with Gasteiger partial charge in [-0.2, -0.15) is 0 Å². The lowest BCUT2D eigenvalue weighted by atomic mass is 9.84. The normalized spacial score (nSPS) is 17.6. The van der Waals surface area contributed by atoms with Crippen LogP contribution in [0.5, 0.6) is 0 Å². The molecule has 0 spiro atoms. The molecule has 9 aromatic rings. The van der Waals surface area contributed by atoms with Crippen LogP contribution in [0.25, 0.3) is 87.6 Å². The third-order valence-electron chi connectivity index (χ3n) is 7.56. The van der Waals surface area contributed by atoms with Crippen molar-refractivity contribution in [3.05, 3.63) is 157 Å². The number of para-hydroxylation sites is 2. The summed E-state index contributed by atoms with van der Waals surface area (Å²) in [6, 6.07) is 2.11. The fourth-order valence-electron chi connectivity index (χ4n) is 5.80. The predicted octanol–water partition coefficient (Wildman–Crippen LogP) is 12.0. The van der Waals surface area contributed by atoms with Crippen LogP contribution in [0.15, 0.2) is 162 Å². The number of rotatable bonds is 3. The van der Waals surface area contributed by atoms with Crippen LogP contribution in [0.1, 0.15) is 24.7 Å². The first-order chi connectivity index (χ1) is 28.8. The van der Waals surface area contributed by atoms with Gasteiger partial charge in [0, 0.05) is 21.9 Å². The molecule has 1 heteroatoms. The summed E-state index contributed by atoms with van der Waals surface area (Å²) in [7, 11) is 0. The van der Waals surface area contributed by atoms with Gasteiger partial charge >= 0.3 is 0 Å². The Morgan fingerprint density at radius 2 is 1.02 bits per heavy atom. The molecule has 200 valence electrons. The minimum absolute atomic E-state index is 0.0207. The lowest BCUT2D eigenvalue weighted by Gasteiger charge is -2.19. The molecule has 0 fully saturated rings. The van der Waals surface area contributed by atoms with E-state index in [0.717, 1.165) is 0 Å².